The van der Waals surface area contributed by atoms with Crippen molar-refractivity contribution in [2.45, 2.75) is 37.2 Å². The van der Waals surface area contributed by atoms with Crippen LogP contribution >= 0.6 is 11.6 Å². The second-order valence-electron chi connectivity index (χ2n) is 4.91. The van der Waals surface area contributed by atoms with E-state index in [0.717, 1.165) is 18.4 Å². The minimum absolute atomic E-state index is 0.00911. The number of carbonyl (C=O) groups excluding carboxylic acids is 1. The zero-order valence-electron chi connectivity index (χ0n) is 10.5. The normalized spacial score (nSPS) is 18.2. The van der Waals surface area contributed by atoms with Crippen LogP contribution in [0.15, 0.2) is 30.3 Å². The van der Waals surface area contributed by atoms with Gasteiger partial charge in [0.2, 0.25) is 5.91 Å². The van der Waals surface area contributed by atoms with E-state index in [2.05, 4.69) is 0 Å². The third-order valence-corrected chi connectivity index (χ3v) is 3.67. The number of carbonyl (C=O) groups is 1. The number of alkyl halides is 1. The van der Waals surface area contributed by atoms with Crippen LogP contribution in [-0.4, -0.2) is 33.4 Å². The van der Waals surface area contributed by atoms with Crippen LogP contribution in [0.3, 0.4) is 0 Å². The third-order valence-electron chi connectivity index (χ3n) is 3.48. The molecule has 3 nitrogen and oxygen atoms in total. The highest BCUT2D eigenvalue weighted by Gasteiger charge is 2.50. The van der Waals surface area contributed by atoms with Crippen molar-refractivity contribution in [3.05, 3.63) is 35.9 Å². The molecule has 4 heteroatoms. The minimum atomic E-state index is -0.558. The van der Waals surface area contributed by atoms with Gasteiger partial charge >= 0.3 is 0 Å². The Kier molecular flexibility index (Phi) is 3.93. The number of rotatable bonds is 5. The average Bonchev–Trinajstić information content (AvgIpc) is 3.17. The summed E-state index contributed by atoms with van der Waals surface area (Å²) in [7, 11) is 0. The fourth-order valence-electron chi connectivity index (χ4n) is 2.12. The van der Waals surface area contributed by atoms with Crippen LogP contribution < -0.4 is 0 Å². The molecule has 1 aromatic carbocycles. The molecule has 0 bridgehead atoms. The SMILES string of the molecule is CC(Cl)C(=O)N(Cc1ccccc1)C1(CO)CC1. The maximum absolute atomic E-state index is 12.2. The monoisotopic (exact) mass is 267 g/mol. The minimum Gasteiger partial charge on any atom is -0.394 e. The number of amides is 1. The van der Waals surface area contributed by atoms with Crippen molar-refractivity contribution in [2.75, 3.05) is 6.61 Å². The Morgan fingerprint density at radius 3 is 2.50 bits per heavy atom. The van der Waals surface area contributed by atoms with Crippen molar-refractivity contribution < 1.29 is 9.90 Å². The fraction of sp³-hybridized carbons (Fsp3) is 0.500. The van der Waals surface area contributed by atoms with E-state index in [1.54, 1.807) is 11.8 Å². The van der Waals surface area contributed by atoms with E-state index in [0.29, 0.717) is 6.54 Å². The number of hydrogen-bond donors (Lipinski definition) is 1. The highest BCUT2D eigenvalue weighted by atomic mass is 35.5. The van der Waals surface area contributed by atoms with E-state index in [9.17, 15) is 9.90 Å². The molecule has 0 aliphatic heterocycles. The van der Waals surface area contributed by atoms with Gasteiger partial charge in [-0.3, -0.25) is 4.79 Å². The van der Waals surface area contributed by atoms with Gasteiger partial charge in [0.05, 0.1) is 12.1 Å². The van der Waals surface area contributed by atoms with Gasteiger partial charge in [-0.25, -0.2) is 0 Å². The van der Waals surface area contributed by atoms with Gasteiger partial charge in [0.25, 0.3) is 0 Å². The van der Waals surface area contributed by atoms with Gasteiger partial charge in [0.15, 0.2) is 0 Å². The van der Waals surface area contributed by atoms with Gasteiger partial charge in [-0.15, -0.1) is 11.6 Å². The number of aliphatic hydroxyl groups is 1. The second-order valence-corrected chi connectivity index (χ2v) is 5.56. The standard InChI is InChI=1S/C14H18ClNO2/c1-11(15)13(18)16(14(10-17)7-8-14)9-12-5-3-2-4-6-12/h2-6,11,17H,7-10H2,1H3. The van der Waals surface area contributed by atoms with Crippen LogP contribution in [-0.2, 0) is 11.3 Å². The van der Waals surface area contributed by atoms with Crippen molar-refractivity contribution in [1.82, 2.24) is 4.90 Å². The first-order valence-electron chi connectivity index (χ1n) is 6.19. The lowest BCUT2D eigenvalue weighted by atomic mass is 10.1. The Balaban J connectivity index is 2.18. The Morgan fingerprint density at radius 1 is 1.44 bits per heavy atom. The van der Waals surface area contributed by atoms with Crippen LogP contribution in [0.5, 0.6) is 0 Å². The molecule has 1 aromatic rings. The molecule has 0 spiro atoms. The van der Waals surface area contributed by atoms with Crippen molar-refractivity contribution in [3.8, 4) is 0 Å². The summed E-state index contributed by atoms with van der Waals surface area (Å²) in [5.41, 5.74) is 0.679. The van der Waals surface area contributed by atoms with Crippen LogP contribution in [0, 0.1) is 0 Å². The maximum Gasteiger partial charge on any atom is 0.241 e. The molecule has 1 fully saturated rings. The molecule has 0 radical (unpaired) electrons. The predicted molar refractivity (Wildman–Crippen MR) is 71.4 cm³/mol. The molecule has 98 valence electrons. The Bertz CT molecular complexity index is 415. The molecule has 1 aliphatic carbocycles. The fourth-order valence-corrected chi connectivity index (χ4v) is 2.24. The van der Waals surface area contributed by atoms with Crippen LogP contribution in [0.2, 0.25) is 0 Å². The average molecular weight is 268 g/mol. The highest BCUT2D eigenvalue weighted by molar-refractivity contribution is 6.30. The summed E-state index contributed by atoms with van der Waals surface area (Å²) in [5.74, 6) is -0.105. The molecule has 0 heterocycles. The summed E-state index contributed by atoms with van der Waals surface area (Å²) in [6.45, 7) is 2.20. The summed E-state index contributed by atoms with van der Waals surface area (Å²) >= 11 is 5.91. The lowest BCUT2D eigenvalue weighted by Gasteiger charge is -2.32. The van der Waals surface area contributed by atoms with E-state index in [1.165, 1.54) is 0 Å². The summed E-state index contributed by atoms with van der Waals surface area (Å²) in [6.07, 6.45) is 1.71. The van der Waals surface area contributed by atoms with E-state index < -0.39 is 5.38 Å². The van der Waals surface area contributed by atoms with Crippen LogP contribution in [0.1, 0.15) is 25.3 Å². The van der Waals surface area contributed by atoms with E-state index in [-0.39, 0.29) is 18.1 Å². The molecule has 0 aromatic heterocycles. The highest BCUT2D eigenvalue weighted by Crippen LogP contribution is 2.42. The molecule has 1 saturated carbocycles. The van der Waals surface area contributed by atoms with Gasteiger partial charge < -0.3 is 10.0 Å². The topological polar surface area (TPSA) is 40.5 Å². The molecule has 1 N–H and O–H groups in total. The molecule has 18 heavy (non-hydrogen) atoms. The number of halogens is 1. The zero-order valence-corrected chi connectivity index (χ0v) is 11.2. The molecule has 1 atom stereocenters. The molecule has 0 saturated heterocycles. The number of aliphatic hydroxyl groups excluding tert-OH is 1. The second kappa shape index (κ2) is 5.29. The lowest BCUT2D eigenvalue weighted by molar-refractivity contribution is -0.135. The molecule has 1 aliphatic rings. The summed E-state index contributed by atoms with van der Waals surface area (Å²) in [6, 6.07) is 9.79. The summed E-state index contributed by atoms with van der Waals surface area (Å²) in [5, 5.41) is 8.94. The smallest absolute Gasteiger partial charge is 0.241 e. The molecular formula is C14H18ClNO2. The molecule has 2 rings (SSSR count). The van der Waals surface area contributed by atoms with Gasteiger partial charge in [-0.2, -0.15) is 0 Å². The maximum atomic E-state index is 12.2. The molecule has 1 amide bonds. The quantitative estimate of drug-likeness (QED) is 0.831. The summed E-state index contributed by atoms with van der Waals surface area (Å²) < 4.78 is 0. The van der Waals surface area contributed by atoms with Crippen LogP contribution in [0.25, 0.3) is 0 Å². The van der Waals surface area contributed by atoms with Gasteiger partial charge in [0.1, 0.15) is 5.38 Å². The first-order valence-corrected chi connectivity index (χ1v) is 6.63. The van der Waals surface area contributed by atoms with Crippen molar-refractivity contribution >= 4 is 17.5 Å². The Labute approximate surface area is 112 Å². The lowest BCUT2D eigenvalue weighted by Crippen LogP contribution is -2.46. The largest absolute Gasteiger partial charge is 0.394 e. The first kappa shape index (κ1) is 13.4. The molecule has 1 unspecified atom stereocenters. The van der Waals surface area contributed by atoms with E-state index >= 15 is 0 Å². The summed E-state index contributed by atoms with van der Waals surface area (Å²) in [4.78, 5) is 13.9. The van der Waals surface area contributed by atoms with Gasteiger partial charge in [-0.1, -0.05) is 30.3 Å². The van der Waals surface area contributed by atoms with E-state index in [4.69, 9.17) is 11.6 Å². The number of benzene rings is 1. The van der Waals surface area contributed by atoms with Gasteiger partial charge in [-0.05, 0) is 25.3 Å². The Morgan fingerprint density at radius 2 is 2.06 bits per heavy atom. The zero-order chi connectivity index (χ0) is 13.2. The number of nitrogens with zero attached hydrogens (tertiary/aromatic N) is 1. The number of hydrogen-bond acceptors (Lipinski definition) is 2. The predicted octanol–water partition coefficient (Wildman–Crippen LogP) is 2.17. The van der Waals surface area contributed by atoms with Crippen molar-refractivity contribution in [2.24, 2.45) is 0 Å². The van der Waals surface area contributed by atoms with Crippen LogP contribution in [0.4, 0.5) is 0 Å². The van der Waals surface area contributed by atoms with Gasteiger partial charge in [0, 0.05) is 6.54 Å². The first-order chi connectivity index (χ1) is 8.59. The Hall–Kier alpha value is -1.06. The van der Waals surface area contributed by atoms with E-state index in [1.807, 2.05) is 30.3 Å². The van der Waals surface area contributed by atoms with Crippen molar-refractivity contribution in [1.29, 1.82) is 0 Å². The van der Waals surface area contributed by atoms with Crippen molar-refractivity contribution in [3.63, 3.8) is 0 Å². The molecular weight excluding hydrogens is 250 g/mol. The third kappa shape index (κ3) is 2.68.